The van der Waals surface area contributed by atoms with Crippen LogP contribution in [0.4, 0.5) is 0 Å². The van der Waals surface area contributed by atoms with Crippen molar-refractivity contribution >= 4 is 6.29 Å². The van der Waals surface area contributed by atoms with Gasteiger partial charge in [-0.05, 0) is 19.4 Å². The fourth-order valence-corrected chi connectivity index (χ4v) is 1.32. The van der Waals surface area contributed by atoms with Crippen LogP contribution in [-0.4, -0.2) is 32.1 Å². The van der Waals surface area contributed by atoms with E-state index < -0.39 is 0 Å². The van der Waals surface area contributed by atoms with Gasteiger partial charge in [-0.2, -0.15) is 0 Å². The van der Waals surface area contributed by atoms with Crippen LogP contribution in [0.25, 0.3) is 0 Å². The zero-order chi connectivity index (χ0) is 7.94. The number of hydrogen-bond acceptors (Lipinski definition) is 3. The first-order valence-corrected chi connectivity index (χ1v) is 4.18. The van der Waals surface area contributed by atoms with Gasteiger partial charge in [0.25, 0.3) is 0 Å². The zero-order valence-corrected chi connectivity index (χ0v) is 6.71. The lowest BCUT2D eigenvalue weighted by atomic mass is 10.1. The van der Waals surface area contributed by atoms with Crippen LogP contribution in [0.3, 0.4) is 0 Å². The van der Waals surface area contributed by atoms with Crippen molar-refractivity contribution in [3.8, 4) is 0 Å². The highest BCUT2D eigenvalue weighted by atomic mass is 16.5. The highest BCUT2D eigenvalue weighted by Crippen LogP contribution is 2.06. The molecule has 1 saturated heterocycles. The third kappa shape index (κ3) is 3.49. The smallest absolute Gasteiger partial charge is 0.145 e. The summed E-state index contributed by atoms with van der Waals surface area (Å²) in [6.07, 6.45) is 4.52. The van der Waals surface area contributed by atoms with Gasteiger partial charge in [0.05, 0.1) is 6.61 Å². The average Bonchev–Trinajstić information content (AvgIpc) is 2.07. The number of aldehydes is 1. The van der Waals surface area contributed by atoms with Crippen molar-refractivity contribution in [2.75, 3.05) is 19.8 Å². The molecule has 1 aliphatic rings. The average molecular weight is 157 g/mol. The number of nitrogens with one attached hydrogen (secondary N) is 1. The summed E-state index contributed by atoms with van der Waals surface area (Å²) in [7, 11) is 0. The molecule has 0 aromatic heterocycles. The van der Waals surface area contributed by atoms with E-state index in [2.05, 4.69) is 5.32 Å². The van der Waals surface area contributed by atoms with E-state index in [1.165, 1.54) is 19.3 Å². The number of rotatable bonds is 4. The summed E-state index contributed by atoms with van der Waals surface area (Å²) >= 11 is 0. The van der Waals surface area contributed by atoms with Gasteiger partial charge in [0, 0.05) is 6.04 Å². The fourth-order valence-electron chi connectivity index (χ4n) is 1.32. The molecule has 3 nitrogen and oxygen atoms in total. The molecule has 0 aromatic rings. The third-order valence-electron chi connectivity index (χ3n) is 1.92. The molecular weight excluding hydrogens is 142 g/mol. The summed E-state index contributed by atoms with van der Waals surface area (Å²) in [6.45, 7) is 2.01. The molecule has 64 valence electrons. The highest BCUT2D eigenvalue weighted by Gasteiger charge is 2.11. The first-order valence-electron chi connectivity index (χ1n) is 4.18. The van der Waals surface area contributed by atoms with Gasteiger partial charge in [-0.1, -0.05) is 6.42 Å². The standard InChI is InChI=1S/C8H15NO2/c10-5-6-11-7-8-3-1-2-4-9-8/h5,8-9H,1-4,6-7H2. The maximum atomic E-state index is 9.90. The summed E-state index contributed by atoms with van der Waals surface area (Å²) in [4.78, 5) is 9.90. The van der Waals surface area contributed by atoms with Crippen molar-refractivity contribution in [2.24, 2.45) is 0 Å². The molecule has 1 aliphatic heterocycles. The van der Waals surface area contributed by atoms with E-state index in [-0.39, 0.29) is 6.61 Å². The van der Waals surface area contributed by atoms with Crippen LogP contribution in [0.15, 0.2) is 0 Å². The summed E-state index contributed by atoms with van der Waals surface area (Å²) < 4.78 is 5.09. The Balaban J connectivity index is 2.00. The van der Waals surface area contributed by atoms with E-state index in [4.69, 9.17) is 4.74 Å². The lowest BCUT2D eigenvalue weighted by molar-refractivity contribution is -0.112. The van der Waals surface area contributed by atoms with E-state index in [0.717, 1.165) is 12.8 Å². The van der Waals surface area contributed by atoms with Gasteiger partial charge in [-0.15, -0.1) is 0 Å². The van der Waals surface area contributed by atoms with Gasteiger partial charge in [-0.25, -0.2) is 0 Å². The Labute approximate surface area is 67.1 Å². The molecule has 0 spiro atoms. The van der Waals surface area contributed by atoms with E-state index in [0.29, 0.717) is 12.6 Å². The first-order chi connectivity index (χ1) is 5.43. The number of carbonyl (C=O) groups excluding carboxylic acids is 1. The van der Waals surface area contributed by atoms with Gasteiger partial charge in [-0.3, -0.25) is 0 Å². The Morgan fingerprint density at radius 3 is 3.09 bits per heavy atom. The molecule has 1 N–H and O–H groups in total. The van der Waals surface area contributed by atoms with Crippen molar-refractivity contribution in [2.45, 2.75) is 25.3 Å². The normalized spacial score (nSPS) is 24.9. The second-order valence-electron chi connectivity index (χ2n) is 2.85. The lowest BCUT2D eigenvalue weighted by Crippen LogP contribution is -2.37. The molecule has 11 heavy (non-hydrogen) atoms. The number of hydrogen-bond donors (Lipinski definition) is 1. The molecule has 0 amide bonds. The summed E-state index contributed by atoms with van der Waals surface area (Å²) in [5.41, 5.74) is 0. The summed E-state index contributed by atoms with van der Waals surface area (Å²) in [5, 5.41) is 3.34. The third-order valence-corrected chi connectivity index (χ3v) is 1.92. The van der Waals surface area contributed by atoms with Gasteiger partial charge >= 0.3 is 0 Å². The Bertz CT molecular complexity index is 111. The van der Waals surface area contributed by atoms with Crippen LogP contribution >= 0.6 is 0 Å². The minimum Gasteiger partial charge on any atom is -0.372 e. The molecule has 0 aliphatic carbocycles. The minimum absolute atomic E-state index is 0.234. The second-order valence-corrected chi connectivity index (χ2v) is 2.85. The van der Waals surface area contributed by atoms with E-state index in [1.807, 2.05) is 0 Å². The quantitative estimate of drug-likeness (QED) is 0.472. The second kappa shape index (κ2) is 5.27. The molecule has 1 heterocycles. The van der Waals surface area contributed by atoms with Gasteiger partial charge in [0.15, 0.2) is 0 Å². The van der Waals surface area contributed by atoms with Crippen molar-refractivity contribution in [3.05, 3.63) is 0 Å². The van der Waals surface area contributed by atoms with E-state index in [9.17, 15) is 4.79 Å². The van der Waals surface area contributed by atoms with E-state index in [1.54, 1.807) is 0 Å². The Morgan fingerprint density at radius 2 is 2.45 bits per heavy atom. The maximum Gasteiger partial charge on any atom is 0.145 e. The van der Waals surface area contributed by atoms with Gasteiger partial charge in [0.1, 0.15) is 12.9 Å². The number of piperidine rings is 1. The van der Waals surface area contributed by atoms with Gasteiger partial charge in [0.2, 0.25) is 0 Å². The van der Waals surface area contributed by atoms with Crippen molar-refractivity contribution in [1.82, 2.24) is 5.32 Å². The summed E-state index contributed by atoms with van der Waals surface area (Å²) in [5.74, 6) is 0. The fraction of sp³-hybridized carbons (Fsp3) is 0.875. The van der Waals surface area contributed by atoms with Crippen LogP contribution in [0.2, 0.25) is 0 Å². The lowest BCUT2D eigenvalue weighted by Gasteiger charge is -2.22. The molecule has 0 saturated carbocycles. The van der Waals surface area contributed by atoms with Crippen molar-refractivity contribution in [3.63, 3.8) is 0 Å². The zero-order valence-electron chi connectivity index (χ0n) is 6.71. The molecule has 1 unspecified atom stereocenters. The molecule has 1 fully saturated rings. The first kappa shape index (κ1) is 8.68. The molecule has 3 heteroatoms. The Morgan fingerprint density at radius 1 is 1.55 bits per heavy atom. The van der Waals surface area contributed by atoms with Crippen molar-refractivity contribution in [1.29, 1.82) is 0 Å². The SMILES string of the molecule is O=CCOCC1CCCCN1. The van der Waals surface area contributed by atoms with Crippen LogP contribution < -0.4 is 5.32 Å². The minimum atomic E-state index is 0.234. The molecule has 1 atom stereocenters. The van der Waals surface area contributed by atoms with Crippen LogP contribution in [0, 0.1) is 0 Å². The number of carbonyl (C=O) groups is 1. The summed E-state index contributed by atoms with van der Waals surface area (Å²) in [6, 6.07) is 0.476. The van der Waals surface area contributed by atoms with Crippen LogP contribution in [0.1, 0.15) is 19.3 Å². The molecule has 0 radical (unpaired) electrons. The Hall–Kier alpha value is -0.410. The van der Waals surface area contributed by atoms with E-state index >= 15 is 0 Å². The topological polar surface area (TPSA) is 38.3 Å². The van der Waals surface area contributed by atoms with Crippen LogP contribution in [0.5, 0.6) is 0 Å². The molecule has 0 bridgehead atoms. The highest BCUT2D eigenvalue weighted by molar-refractivity contribution is 5.50. The van der Waals surface area contributed by atoms with Crippen LogP contribution in [-0.2, 0) is 9.53 Å². The largest absolute Gasteiger partial charge is 0.372 e. The van der Waals surface area contributed by atoms with Gasteiger partial charge < -0.3 is 14.8 Å². The Kier molecular flexibility index (Phi) is 4.16. The predicted molar refractivity (Wildman–Crippen MR) is 42.5 cm³/mol. The monoisotopic (exact) mass is 157 g/mol. The maximum absolute atomic E-state index is 9.90. The number of ether oxygens (including phenoxy) is 1. The predicted octanol–water partition coefficient (Wildman–Crippen LogP) is 0.344. The molecular formula is C8H15NO2. The van der Waals surface area contributed by atoms with Crippen molar-refractivity contribution < 1.29 is 9.53 Å². The molecule has 0 aromatic carbocycles. The molecule has 1 rings (SSSR count).